The first kappa shape index (κ1) is 11.2. The van der Waals surface area contributed by atoms with E-state index >= 15 is 0 Å². The van der Waals surface area contributed by atoms with Crippen molar-refractivity contribution in [3.05, 3.63) is 36.0 Å². The summed E-state index contributed by atoms with van der Waals surface area (Å²) in [6.07, 6.45) is 1.87. The van der Waals surface area contributed by atoms with Crippen molar-refractivity contribution in [2.24, 2.45) is 0 Å². The van der Waals surface area contributed by atoms with Crippen molar-refractivity contribution in [1.82, 2.24) is 4.57 Å². The summed E-state index contributed by atoms with van der Waals surface area (Å²) in [7, 11) is 0. The van der Waals surface area contributed by atoms with Gasteiger partial charge in [0.25, 0.3) is 0 Å². The molecule has 1 heterocycles. The van der Waals surface area contributed by atoms with E-state index in [1.807, 2.05) is 30.5 Å². The first-order chi connectivity index (χ1) is 7.65. The maximum absolute atomic E-state index is 11.5. The van der Waals surface area contributed by atoms with Crippen LogP contribution in [0.4, 0.5) is 0 Å². The van der Waals surface area contributed by atoms with Crippen LogP contribution in [0.1, 0.15) is 22.5 Å². The Morgan fingerprint density at radius 3 is 2.81 bits per heavy atom. The highest BCUT2D eigenvalue weighted by molar-refractivity contribution is 7.80. The minimum atomic E-state index is 0.0204. The highest BCUT2D eigenvalue weighted by Gasteiger charge is 2.15. The van der Waals surface area contributed by atoms with Crippen LogP contribution in [-0.4, -0.2) is 17.0 Å². The van der Waals surface area contributed by atoms with Gasteiger partial charge in [0.15, 0.2) is 0 Å². The minimum Gasteiger partial charge on any atom is -0.356 e. The molecule has 0 aliphatic heterocycles. The van der Waals surface area contributed by atoms with Crippen LogP contribution in [-0.2, 0) is 0 Å². The summed E-state index contributed by atoms with van der Waals surface area (Å²) in [6.45, 7) is 2.27. The Morgan fingerprint density at radius 2 is 2.19 bits per heavy atom. The van der Waals surface area contributed by atoms with Crippen LogP contribution >= 0.6 is 12.6 Å². The van der Waals surface area contributed by atoms with Crippen LogP contribution in [0.5, 0.6) is 0 Å². The van der Waals surface area contributed by atoms with Gasteiger partial charge in [0, 0.05) is 18.5 Å². The van der Waals surface area contributed by atoms with Crippen molar-refractivity contribution >= 4 is 29.4 Å². The van der Waals surface area contributed by atoms with Crippen molar-refractivity contribution in [2.45, 2.75) is 12.2 Å². The molecule has 84 valence electrons. The van der Waals surface area contributed by atoms with Crippen molar-refractivity contribution in [2.75, 3.05) is 6.54 Å². The van der Waals surface area contributed by atoms with E-state index < -0.39 is 0 Å². The van der Waals surface area contributed by atoms with Gasteiger partial charge in [-0.05, 0) is 11.6 Å². The summed E-state index contributed by atoms with van der Waals surface area (Å²) in [5, 5.41) is 1.16. The molecule has 3 N–H and O–H groups in total. The highest BCUT2D eigenvalue weighted by atomic mass is 32.1. The first-order valence-electron chi connectivity index (χ1n) is 5.23. The van der Waals surface area contributed by atoms with Gasteiger partial charge in [0.2, 0.25) is 5.91 Å². The van der Waals surface area contributed by atoms with Crippen molar-refractivity contribution in [3.63, 3.8) is 0 Å². The van der Waals surface area contributed by atoms with Crippen molar-refractivity contribution in [3.8, 4) is 0 Å². The predicted octanol–water partition coefficient (Wildman–Crippen LogP) is 1.51. The van der Waals surface area contributed by atoms with Gasteiger partial charge in [-0.25, -0.2) is 0 Å². The molecule has 0 amide bonds. The van der Waals surface area contributed by atoms with E-state index in [0.717, 1.165) is 16.5 Å². The summed E-state index contributed by atoms with van der Waals surface area (Å²) in [4.78, 5) is 11.5. The zero-order valence-corrected chi connectivity index (χ0v) is 10.1. The number of hydrogen-bond acceptors (Lipinski definition) is 2. The van der Waals surface area contributed by atoms with Gasteiger partial charge in [-0.2, -0.15) is 12.6 Å². The zero-order chi connectivity index (χ0) is 11.7. The highest BCUT2D eigenvalue weighted by Crippen LogP contribution is 2.28. The second-order valence-electron chi connectivity index (χ2n) is 3.80. The Bertz CT molecular complexity index is 533. The van der Waals surface area contributed by atoms with Crippen LogP contribution in [0.25, 0.3) is 10.9 Å². The average molecular weight is 235 g/mol. The van der Waals surface area contributed by atoms with E-state index in [1.54, 1.807) is 11.5 Å². The smallest absolute Gasteiger partial charge is 0.227 e. The molecule has 0 spiro atoms. The largest absolute Gasteiger partial charge is 0.356 e. The second kappa shape index (κ2) is 4.31. The third-order valence-electron chi connectivity index (χ3n) is 2.71. The van der Waals surface area contributed by atoms with Gasteiger partial charge in [-0.15, -0.1) is 0 Å². The first-order valence-corrected chi connectivity index (χ1v) is 5.75. The van der Waals surface area contributed by atoms with Gasteiger partial charge in [0.1, 0.15) is 0 Å². The number of hydrogen-bond donors (Lipinski definition) is 2. The molecule has 0 bridgehead atoms. The molecule has 2 rings (SSSR count). The molecule has 1 atom stereocenters. The van der Waals surface area contributed by atoms with E-state index in [-0.39, 0.29) is 11.2 Å². The average Bonchev–Trinajstić information content (AvgIpc) is 2.67. The number of para-hydroxylation sites is 1. The molecule has 0 aliphatic rings. The van der Waals surface area contributed by atoms with E-state index in [4.69, 9.17) is 0 Å². The molecule has 2 aromatic rings. The summed E-state index contributed by atoms with van der Waals surface area (Å²) in [5.74, 6) is 0.0204. The lowest BCUT2D eigenvalue weighted by Crippen LogP contribution is -2.52. The van der Waals surface area contributed by atoms with Gasteiger partial charge < -0.3 is 5.73 Å². The van der Waals surface area contributed by atoms with Crippen LogP contribution in [0.2, 0.25) is 0 Å². The summed E-state index contributed by atoms with van der Waals surface area (Å²) >= 11 is 4.49. The number of fused-ring (bicyclic) bond motifs is 1. The monoisotopic (exact) mass is 235 g/mol. The molecule has 0 aliphatic carbocycles. The quantitative estimate of drug-likeness (QED) is 0.762. The van der Waals surface area contributed by atoms with Gasteiger partial charge in [0.05, 0.1) is 17.3 Å². The lowest BCUT2D eigenvalue weighted by Gasteiger charge is -2.02. The Labute approximate surface area is 99.6 Å². The minimum absolute atomic E-state index is 0.0204. The van der Waals surface area contributed by atoms with Crippen molar-refractivity contribution in [1.29, 1.82) is 0 Å². The van der Waals surface area contributed by atoms with E-state index in [9.17, 15) is 4.79 Å². The molecule has 1 aromatic heterocycles. The standard InChI is InChI=1S/C12H14N2OS/c1-8(15)14-7-10(12(16)6-13)9-4-2-3-5-11(9)14/h2-5,7,12,16H,6,13H2,1H3/p+1. The fourth-order valence-corrected chi connectivity index (χ4v) is 2.09. The zero-order valence-electron chi connectivity index (χ0n) is 9.18. The van der Waals surface area contributed by atoms with Crippen LogP contribution in [0, 0.1) is 0 Å². The fraction of sp³-hybridized carbons (Fsp3) is 0.250. The van der Waals surface area contributed by atoms with Gasteiger partial charge in [-0.1, -0.05) is 18.2 Å². The third-order valence-corrected chi connectivity index (χ3v) is 3.25. The number of carbonyl (C=O) groups is 1. The third kappa shape index (κ3) is 1.74. The summed E-state index contributed by atoms with van der Waals surface area (Å²) < 4.78 is 1.67. The van der Waals surface area contributed by atoms with Crippen molar-refractivity contribution < 1.29 is 10.5 Å². The van der Waals surface area contributed by atoms with Gasteiger partial charge in [-0.3, -0.25) is 9.36 Å². The number of benzene rings is 1. The lowest BCUT2D eigenvalue weighted by atomic mass is 10.1. The summed E-state index contributed by atoms with van der Waals surface area (Å²) in [6, 6.07) is 7.87. The molecular formula is C12H15N2OS+. The number of aromatic nitrogens is 1. The Kier molecular flexibility index (Phi) is 3.03. The van der Waals surface area contributed by atoms with E-state index in [2.05, 4.69) is 18.4 Å². The number of quaternary nitrogens is 1. The number of rotatable bonds is 2. The normalized spacial score (nSPS) is 12.9. The molecule has 0 saturated carbocycles. The van der Waals surface area contributed by atoms with Gasteiger partial charge >= 0.3 is 0 Å². The molecule has 3 nitrogen and oxygen atoms in total. The Balaban J connectivity index is 2.71. The molecule has 0 radical (unpaired) electrons. The Morgan fingerprint density at radius 1 is 1.50 bits per heavy atom. The molecule has 0 fully saturated rings. The van der Waals surface area contributed by atoms with Crippen LogP contribution in [0.15, 0.2) is 30.5 Å². The topological polar surface area (TPSA) is 49.6 Å². The second-order valence-corrected chi connectivity index (χ2v) is 4.42. The molecule has 4 heteroatoms. The summed E-state index contributed by atoms with van der Waals surface area (Å²) in [5.41, 5.74) is 5.87. The molecular weight excluding hydrogens is 220 g/mol. The molecule has 1 aromatic carbocycles. The lowest BCUT2D eigenvalue weighted by molar-refractivity contribution is -0.367. The molecule has 16 heavy (non-hydrogen) atoms. The maximum atomic E-state index is 11.5. The fourth-order valence-electron chi connectivity index (χ4n) is 1.89. The van der Waals surface area contributed by atoms with Crippen LogP contribution in [0.3, 0.4) is 0 Å². The van der Waals surface area contributed by atoms with Crippen LogP contribution < -0.4 is 5.73 Å². The molecule has 1 unspecified atom stereocenters. The molecule has 0 saturated heterocycles. The number of carbonyl (C=O) groups excluding carboxylic acids is 1. The van der Waals surface area contributed by atoms with E-state index in [0.29, 0.717) is 6.54 Å². The SMILES string of the molecule is CC(=O)n1cc(C(S)C[NH3+])c2ccccc21. The maximum Gasteiger partial charge on any atom is 0.227 e. The predicted molar refractivity (Wildman–Crippen MR) is 67.7 cm³/mol. The number of thiol groups is 1. The van der Waals surface area contributed by atoms with E-state index in [1.165, 1.54) is 0 Å². The Hall–Kier alpha value is -1.26. The number of nitrogens with zero attached hydrogens (tertiary/aromatic N) is 1.